The lowest BCUT2D eigenvalue weighted by Crippen LogP contribution is -2.12. The van der Waals surface area contributed by atoms with E-state index in [9.17, 15) is 5.11 Å². The first-order valence-corrected chi connectivity index (χ1v) is 14.1. The average molecular weight is 629 g/mol. The highest BCUT2D eigenvalue weighted by molar-refractivity contribution is 9.15. The predicted molar refractivity (Wildman–Crippen MR) is 151 cm³/mol. The van der Waals surface area contributed by atoms with E-state index in [0.717, 1.165) is 5.56 Å². The van der Waals surface area contributed by atoms with Crippen LogP contribution in [0, 0.1) is 0 Å². The van der Waals surface area contributed by atoms with Crippen LogP contribution in [0.2, 0.25) is 20.1 Å². The first-order chi connectivity index (χ1) is 16.8. The van der Waals surface area contributed by atoms with Crippen molar-refractivity contribution in [3.63, 3.8) is 0 Å². The van der Waals surface area contributed by atoms with Gasteiger partial charge in [-0.25, -0.2) is 0 Å². The lowest BCUT2D eigenvalue weighted by atomic mass is 10.1. The molecule has 35 heavy (non-hydrogen) atoms. The lowest BCUT2D eigenvalue weighted by molar-refractivity contribution is 0.435. The molecule has 4 rings (SSSR count). The molecule has 0 saturated heterocycles. The fourth-order valence-corrected chi connectivity index (χ4v) is 7.85. The molecule has 1 atom stereocenters. The lowest BCUT2D eigenvalue weighted by Gasteiger charge is -2.26. The molecule has 0 spiro atoms. The van der Waals surface area contributed by atoms with E-state index in [-0.39, 0.29) is 25.8 Å². The van der Waals surface area contributed by atoms with Crippen molar-refractivity contribution >= 4 is 84.8 Å². The number of benzene rings is 4. The number of aromatic hydroxyl groups is 1. The van der Waals surface area contributed by atoms with E-state index in [2.05, 4.69) is 15.9 Å². The molecular formula is C26H16BrCl4O3P. The molecule has 9 heteroatoms. The molecule has 0 aliphatic carbocycles. The average Bonchev–Trinajstić information content (AvgIpc) is 2.90. The van der Waals surface area contributed by atoms with E-state index in [0.29, 0.717) is 20.7 Å². The summed E-state index contributed by atoms with van der Waals surface area (Å²) in [5.74, 6) is -0.898. The maximum atomic E-state index is 15.1. The van der Waals surface area contributed by atoms with Crippen LogP contribution >= 0.6 is 69.7 Å². The van der Waals surface area contributed by atoms with Crippen LogP contribution in [-0.4, -0.2) is 5.11 Å². The molecule has 0 saturated carbocycles. The van der Waals surface area contributed by atoms with Gasteiger partial charge in [0.2, 0.25) is 0 Å². The van der Waals surface area contributed by atoms with Crippen LogP contribution in [-0.2, 0) is 4.57 Å². The monoisotopic (exact) mass is 626 g/mol. The van der Waals surface area contributed by atoms with Crippen molar-refractivity contribution in [2.45, 2.75) is 0 Å². The predicted octanol–water partition coefficient (Wildman–Crippen LogP) is 9.91. The zero-order valence-electron chi connectivity index (χ0n) is 17.8. The van der Waals surface area contributed by atoms with Crippen LogP contribution in [0.3, 0.4) is 0 Å². The quantitative estimate of drug-likeness (QED) is 0.100. The Morgan fingerprint density at radius 2 is 1.14 bits per heavy atom. The molecule has 0 bridgehead atoms. The number of rotatable bonds is 6. The molecule has 4 aromatic rings. The standard InChI is InChI=1S/C26H16BrCl4O3P/c27-19(16-10-4-1-5-11-16)26(17-12-6-2-7-13-17)35(33,18-14-8-3-9-15-18)34-25-23(31)21(29)20(28)22(30)24(25)32/h1-15,32H/b26-19-/t35-/m1/s1. The summed E-state index contributed by atoms with van der Waals surface area (Å²) in [4.78, 5) is 0. The number of halogens is 5. The highest BCUT2D eigenvalue weighted by Gasteiger charge is 2.38. The van der Waals surface area contributed by atoms with E-state index in [1.54, 1.807) is 30.3 Å². The summed E-state index contributed by atoms with van der Waals surface area (Å²) in [6, 6.07) is 27.2. The Morgan fingerprint density at radius 1 is 0.686 bits per heavy atom. The Labute approximate surface area is 231 Å². The molecule has 0 fully saturated rings. The topological polar surface area (TPSA) is 46.5 Å². The fraction of sp³-hybridized carbons (Fsp3) is 0. The van der Waals surface area contributed by atoms with Crippen molar-refractivity contribution in [2.24, 2.45) is 0 Å². The minimum absolute atomic E-state index is 0.127. The SMILES string of the molecule is O=[P@](Oc1c(O)c(Cl)c(Cl)c(Cl)c1Cl)(/C(=C(\Br)c1ccccc1)c1ccccc1)c1ccccc1. The van der Waals surface area contributed by atoms with Gasteiger partial charge in [0.25, 0.3) is 0 Å². The van der Waals surface area contributed by atoms with E-state index in [4.69, 9.17) is 50.9 Å². The largest absolute Gasteiger partial charge is 0.503 e. The number of phenols is 1. The summed E-state index contributed by atoms with van der Waals surface area (Å²) < 4.78 is 21.8. The van der Waals surface area contributed by atoms with Crippen molar-refractivity contribution in [2.75, 3.05) is 0 Å². The number of hydrogen-bond acceptors (Lipinski definition) is 3. The molecule has 0 unspecified atom stereocenters. The fourth-order valence-electron chi connectivity index (χ4n) is 3.41. The second-order valence-corrected chi connectivity index (χ2v) is 11.9. The maximum absolute atomic E-state index is 15.1. The molecular weight excluding hydrogens is 613 g/mol. The van der Waals surface area contributed by atoms with Crippen molar-refractivity contribution in [3.05, 3.63) is 122 Å². The minimum atomic E-state index is -4.03. The third-order valence-corrected chi connectivity index (χ3v) is 10.5. The van der Waals surface area contributed by atoms with E-state index in [1.807, 2.05) is 60.7 Å². The van der Waals surface area contributed by atoms with Gasteiger partial charge in [0.05, 0.1) is 20.7 Å². The zero-order valence-corrected chi connectivity index (χ0v) is 23.3. The van der Waals surface area contributed by atoms with Crippen LogP contribution in [0.1, 0.15) is 11.1 Å². The van der Waals surface area contributed by atoms with E-state index >= 15 is 4.57 Å². The molecule has 0 heterocycles. The Balaban J connectivity index is 2.07. The number of phenolic OH excluding ortho intramolecular Hbond substituents is 1. The highest BCUT2D eigenvalue weighted by Crippen LogP contribution is 2.64. The van der Waals surface area contributed by atoms with Gasteiger partial charge >= 0.3 is 7.37 Å². The normalized spacial score (nSPS) is 13.6. The molecule has 3 nitrogen and oxygen atoms in total. The third kappa shape index (κ3) is 5.15. The Morgan fingerprint density at radius 3 is 1.69 bits per heavy atom. The Bertz CT molecular complexity index is 1420. The smallest absolute Gasteiger partial charge is 0.308 e. The molecule has 0 aromatic heterocycles. The van der Waals surface area contributed by atoms with Gasteiger partial charge in [-0.1, -0.05) is 125 Å². The van der Waals surface area contributed by atoms with Crippen LogP contribution < -0.4 is 9.83 Å². The van der Waals surface area contributed by atoms with Crippen LogP contribution in [0.4, 0.5) is 0 Å². The molecule has 0 aliphatic heterocycles. The maximum Gasteiger partial charge on any atom is 0.308 e. The van der Waals surface area contributed by atoms with Gasteiger partial charge in [0.15, 0.2) is 11.5 Å². The van der Waals surface area contributed by atoms with E-state index < -0.39 is 13.1 Å². The van der Waals surface area contributed by atoms with Crippen molar-refractivity contribution < 1.29 is 14.2 Å². The molecule has 1 N–H and O–H groups in total. The van der Waals surface area contributed by atoms with Gasteiger partial charge in [-0.15, -0.1) is 0 Å². The molecule has 0 aliphatic rings. The summed E-state index contributed by atoms with van der Waals surface area (Å²) in [7, 11) is -4.03. The molecule has 0 amide bonds. The van der Waals surface area contributed by atoms with Crippen molar-refractivity contribution in [3.8, 4) is 11.5 Å². The second kappa shape index (κ2) is 11.0. The van der Waals surface area contributed by atoms with Gasteiger partial charge in [0.1, 0.15) is 10.0 Å². The van der Waals surface area contributed by atoms with Gasteiger partial charge in [0, 0.05) is 4.48 Å². The van der Waals surface area contributed by atoms with Gasteiger partial charge in [-0.05, 0) is 39.2 Å². The minimum Gasteiger partial charge on any atom is -0.503 e. The van der Waals surface area contributed by atoms with Crippen LogP contribution in [0.25, 0.3) is 9.80 Å². The molecule has 0 radical (unpaired) electrons. The molecule has 4 aromatic carbocycles. The Hall–Kier alpha value is -1.91. The second-order valence-electron chi connectivity index (χ2n) is 7.31. The van der Waals surface area contributed by atoms with E-state index in [1.165, 1.54) is 0 Å². The first-order valence-electron chi connectivity index (χ1n) is 10.2. The zero-order chi connectivity index (χ0) is 25.2. The van der Waals surface area contributed by atoms with Gasteiger partial charge < -0.3 is 9.63 Å². The number of hydrogen-bond donors (Lipinski definition) is 1. The highest BCUT2D eigenvalue weighted by atomic mass is 79.9. The summed E-state index contributed by atoms with van der Waals surface area (Å²) in [6.07, 6.45) is 0. The van der Waals surface area contributed by atoms with Gasteiger partial charge in [-0.3, -0.25) is 4.57 Å². The summed E-state index contributed by atoms with van der Waals surface area (Å²) in [6.45, 7) is 0. The van der Waals surface area contributed by atoms with Crippen LogP contribution in [0.15, 0.2) is 91.0 Å². The summed E-state index contributed by atoms with van der Waals surface area (Å²) in [5, 5.41) is 10.8. The van der Waals surface area contributed by atoms with Crippen LogP contribution in [0.5, 0.6) is 11.5 Å². The van der Waals surface area contributed by atoms with Crippen molar-refractivity contribution in [1.29, 1.82) is 0 Å². The van der Waals surface area contributed by atoms with Crippen molar-refractivity contribution in [1.82, 2.24) is 0 Å². The first kappa shape index (κ1) is 26.2. The molecule has 178 valence electrons. The Kier molecular flexibility index (Phi) is 8.23. The third-order valence-electron chi connectivity index (χ3n) is 5.09. The summed E-state index contributed by atoms with van der Waals surface area (Å²) >= 11 is 28.6. The summed E-state index contributed by atoms with van der Waals surface area (Å²) in [5.41, 5.74) is 1.41. The van der Waals surface area contributed by atoms with Gasteiger partial charge in [-0.2, -0.15) is 0 Å².